The first-order chi connectivity index (χ1) is 13.6. The third-order valence-corrected chi connectivity index (χ3v) is 7.42. The van der Waals surface area contributed by atoms with Crippen LogP contribution in [0.5, 0.6) is 0 Å². The molecule has 0 bridgehead atoms. The number of piperidine rings is 1. The van der Waals surface area contributed by atoms with Gasteiger partial charge in [0.2, 0.25) is 15.9 Å². The Balaban J connectivity index is 1.71. The lowest BCUT2D eigenvalue weighted by Gasteiger charge is -2.31. The number of sulfonamides is 1. The second-order valence-electron chi connectivity index (χ2n) is 7.68. The third-order valence-electron chi connectivity index (χ3n) is 5.60. The molecular weight excluding hydrogens is 392 g/mol. The Kier molecular flexibility index (Phi) is 6.13. The summed E-state index contributed by atoms with van der Waals surface area (Å²) in [6.45, 7) is 9.30. The maximum Gasteiger partial charge on any atom is 0.246 e. The fourth-order valence-corrected chi connectivity index (χ4v) is 5.61. The minimum Gasteiger partial charge on any atom is -0.349 e. The van der Waals surface area contributed by atoms with Crippen molar-refractivity contribution in [3.63, 3.8) is 0 Å². The van der Waals surface area contributed by atoms with E-state index in [-0.39, 0.29) is 29.3 Å². The number of rotatable bonds is 6. The summed E-state index contributed by atoms with van der Waals surface area (Å²) >= 11 is 0. The Morgan fingerprint density at radius 2 is 2.10 bits per heavy atom. The second kappa shape index (κ2) is 8.27. The van der Waals surface area contributed by atoms with Gasteiger partial charge in [-0.3, -0.25) is 14.2 Å². The number of nitrogens with zero attached hydrogens (tertiary/aromatic N) is 5. The summed E-state index contributed by atoms with van der Waals surface area (Å²) in [5.41, 5.74) is 2.97. The molecule has 3 heterocycles. The van der Waals surface area contributed by atoms with Gasteiger partial charge in [-0.15, -0.1) is 0 Å². The molecule has 0 radical (unpaired) electrons. The van der Waals surface area contributed by atoms with Crippen LogP contribution in [0.1, 0.15) is 49.7 Å². The van der Waals surface area contributed by atoms with Gasteiger partial charge in [0, 0.05) is 44.1 Å². The molecule has 0 aliphatic carbocycles. The van der Waals surface area contributed by atoms with Crippen LogP contribution in [0.4, 0.5) is 0 Å². The lowest BCUT2D eigenvalue weighted by molar-refractivity contribution is -0.126. The number of nitrogens with one attached hydrogen (secondary N) is 1. The zero-order chi connectivity index (χ0) is 21.3. The van der Waals surface area contributed by atoms with Gasteiger partial charge < -0.3 is 5.32 Å². The van der Waals surface area contributed by atoms with Gasteiger partial charge >= 0.3 is 0 Å². The van der Waals surface area contributed by atoms with Crippen LogP contribution in [-0.2, 0) is 28.4 Å². The smallest absolute Gasteiger partial charge is 0.246 e. The highest BCUT2D eigenvalue weighted by Crippen LogP contribution is 2.26. The highest BCUT2D eigenvalue weighted by Gasteiger charge is 2.34. The van der Waals surface area contributed by atoms with Crippen LogP contribution in [0.25, 0.3) is 0 Å². The molecular formula is C19H30N6O3S. The molecule has 0 aromatic carbocycles. The molecule has 1 aliphatic heterocycles. The van der Waals surface area contributed by atoms with E-state index in [2.05, 4.69) is 15.5 Å². The molecule has 29 heavy (non-hydrogen) atoms. The quantitative estimate of drug-likeness (QED) is 0.761. The maximum atomic E-state index is 12.9. The van der Waals surface area contributed by atoms with E-state index in [9.17, 15) is 13.2 Å². The summed E-state index contributed by atoms with van der Waals surface area (Å²) in [7, 11) is -1.97. The molecule has 3 rings (SSSR count). The fourth-order valence-electron chi connectivity index (χ4n) is 4.10. The molecule has 2 atom stereocenters. The summed E-state index contributed by atoms with van der Waals surface area (Å²) in [6.07, 6.45) is 4.15. The van der Waals surface area contributed by atoms with E-state index in [1.807, 2.05) is 32.4 Å². The number of aryl methyl sites for hydroxylation is 3. The molecule has 2 aromatic rings. The summed E-state index contributed by atoms with van der Waals surface area (Å²) in [4.78, 5) is 13.1. The Hall–Kier alpha value is -2.20. The molecule has 9 nitrogen and oxygen atoms in total. The van der Waals surface area contributed by atoms with Crippen molar-refractivity contribution in [2.45, 2.75) is 58.0 Å². The van der Waals surface area contributed by atoms with Gasteiger partial charge in [-0.25, -0.2) is 8.42 Å². The first-order valence-electron chi connectivity index (χ1n) is 9.98. The van der Waals surface area contributed by atoms with Gasteiger partial charge in [-0.2, -0.15) is 14.5 Å². The molecule has 0 spiro atoms. The molecule has 1 saturated heterocycles. The average molecular weight is 423 g/mol. The van der Waals surface area contributed by atoms with Gasteiger partial charge in [0.15, 0.2) is 0 Å². The number of carbonyl (C=O) groups is 1. The van der Waals surface area contributed by atoms with Crippen molar-refractivity contribution in [2.75, 3.05) is 13.1 Å². The van der Waals surface area contributed by atoms with Crippen molar-refractivity contribution >= 4 is 15.9 Å². The average Bonchev–Trinajstić information content (AvgIpc) is 3.24. The topological polar surface area (TPSA) is 102 Å². The normalized spacial score (nSPS) is 19.3. The highest BCUT2D eigenvalue weighted by molar-refractivity contribution is 7.89. The molecule has 2 unspecified atom stereocenters. The lowest BCUT2D eigenvalue weighted by Crippen LogP contribution is -2.45. The number of amides is 1. The minimum absolute atomic E-state index is 0.119. The molecule has 1 fully saturated rings. The molecule has 160 valence electrons. The van der Waals surface area contributed by atoms with Crippen LogP contribution in [0.3, 0.4) is 0 Å². The van der Waals surface area contributed by atoms with E-state index in [1.54, 1.807) is 7.05 Å². The summed E-state index contributed by atoms with van der Waals surface area (Å²) in [6, 6.07) is -0.187. The predicted molar refractivity (Wildman–Crippen MR) is 109 cm³/mol. The Morgan fingerprint density at radius 1 is 1.38 bits per heavy atom. The SMILES string of the molecule is CCn1nc(C)c(C(C)NC(=O)C2CCCN(S(=O)(=O)c3cnn(C)c3)C2)c1C. The lowest BCUT2D eigenvalue weighted by atomic mass is 9.97. The Morgan fingerprint density at radius 3 is 2.69 bits per heavy atom. The summed E-state index contributed by atoms with van der Waals surface area (Å²) in [5, 5.41) is 11.5. The van der Waals surface area contributed by atoms with Crippen molar-refractivity contribution in [3.8, 4) is 0 Å². The van der Waals surface area contributed by atoms with E-state index in [0.29, 0.717) is 19.4 Å². The number of aromatic nitrogens is 4. The molecule has 0 saturated carbocycles. The Labute approximate surface area is 172 Å². The summed E-state index contributed by atoms with van der Waals surface area (Å²) in [5.74, 6) is -0.494. The van der Waals surface area contributed by atoms with Gasteiger partial charge in [0.05, 0.1) is 23.9 Å². The second-order valence-corrected chi connectivity index (χ2v) is 9.62. The zero-order valence-corrected chi connectivity index (χ0v) is 18.5. The third kappa shape index (κ3) is 4.23. The summed E-state index contributed by atoms with van der Waals surface area (Å²) < 4.78 is 30.5. The van der Waals surface area contributed by atoms with Crippen LogP contribution in [-0.4, -0.2) is 51.3 Å². The minimum atomic E-state index is -3.65. The molecule has 1 amide bonds. The Bertz CT molecular complexity index is 994. The van der Waals surface area contributed by atoms with E-state index in [0.717, 1.165) is 23.5 Å². The van der Waals surface area contributed by atoms with E-state index in [1.165, 1.54) is 21.4 Å². The number of carbonyl (C=O) groups excluding carboxylic acids is 1. The van der Waals surface area contributed by atoms with Crippen LogP contribution < -0.4 is 5.32 Å². The largest absolute Gasteiger partial charge is 0.349 e. The number of hydrogen-bond acceptors (Lipinski definition) is 5. The zero-order valence-electron chi connectivity index (χ0n) is 17.7. The molecule has 1 N–H and O–H groups in total. The van der Waals surface area contributed by atoms with Crippen molar-refractivity contribution in [1.82, 2.24) is 29.2 Å². The van der Waals surface area contributed by atoms with Gasteiger partial charge in [0.1, 0.15) is 4.90 Å². The van der Waals surface area contributed by atoms with Crippen molar-refractivity contribution in [3.05, 3.63) is 29.3 Å². The van der Waals surface area contributed by atoms with Gasteiger partial charge in [-0.1, -0.05) is 0 Å². The van der Waals surface area contributed by atoms with E-state index < -0.39 is 10.0 Å². The van der Waals surface area contributed by atoms with Crippen LogP contribution >= 0.6 is 0 Å². The van der Waals surface area contributed by atoms with Crippen molar-refractivity contribution < 1.29 is 13.2 Å². The molecule has 2 aromatic heterocycles. The maximum absolute atomic E-state index is 12.9. The van der Waals surface area contributed by atoms with Crippen LogP contribution in [0.15, 0.2) is 17.3 Å². The van der Waals surface area contributed by atoms with Gasteiger partial charge in [-0.05, 0) is 40.5 Å². The highest BCUT2D eigenvalue weighted by atomic mass is 32.2. The van der Waals surface area contributed by atoms with Crippen molar-refractivity contribution in [2.24, 2.45) is 13.0 Å². The van der Waals surface area contributed by atoms with E-state index in [4.69, 9.17) is 0 Å². The predicted octanol–water partition coefficient (Wildman–Crippen LogP) is 1.53. The number of hydrogen-bond donors (Lipinski definition) is 1. The van der Waals surface area contributed by atoms with Gasteiger partial charge in [0.25, 0.3) is 0 Å². The van der Waals surface area contributed by atoms with Crippen LogP contribution in [0.2, 0.25) is 0 Å². The molecule has 1 aliphatic rings. The first-order valence-corrected chi connectivity index (χ1v) is 11.4. The van der Waals surface area contributed by atoms with Crippen LogP contribution in [0, 0.1) is 19.8 Å². The first kappa shape index (κ1) is 21.5. The standard InChI is InChI=1S/C19H30N6O3S/c1-6-25-15(4)18(14(3)22-25)13(2)21-19(26)16-8-7-9-24(11-16)29(27,28)17-10-20-23(5)12-17/h10,12-13,16H,6-9,11H2,1-5H3,(H,21,26). The fraction of sp³-hybridized carbons (Fsp3) is 0.632. The monoisotopic (exact) mass is 422 g/mol. The van der Waals surface area contributed by atoms with Crippen molar-refractivity contribution in [1.29, 1.82) is 0 Å². The molecule has 10 heteroatoms. The van der Waals surface area contributed by atoms with E-state index >= 15 is 0 Å².